The third-order valence-electron chi connectivity index (χ3n) is 2.50. The van der Waals surface area contributed by atoms with Crippen LogP contribution in [0.1, 0.15) is 17.3 Å². The molecule has 0 bridgehead atoms. The predicted octanol–water partition coefficient (Wildman–Crippen LogP) is 1.39. The molecule has 5 heteroatoms. The number of aryl methyl sites for hydroxylation is 1. The average molecular weight is 230 g/mol. The van der Waals surface area contributed by atoms with E-state index >= 15 is 0 Å². The number of hydrogen-bond acceptors (Lipinski definition) is 4. The van der Waals surface area contributed by atoms with Gasteiger partial charge in [-0.15, -0.1) is 0 Å². The molecule has 2 aromatic rings. The Kier molecular flexibility index (Phi) is 3.20. The van der Waals surface area contributed by atoms with Crippen LogP contribution < -0.4 is 10.5 Å². The van der Waals surface area contributed by atoms with E-state index in [0.29, 0.717) is 5.88 Å². The van der Waals surface area contributed by atoms with Crippen LogP contribution in [0.5, 0.6) is 5.88 Å². The van der Waals surface area contributed by atoms with Gasteiger partial charge in [0.2, 0.25) is 5.88 Å². The molecule has 5 nitrogen and oxygen atoms in total. The van der Waals surface area contributed by atoms with E-state index in [4.69, 9.17) is 10.5 Å². The van der Waals surface area contributed by atoms with Crippen molar-refractivity contribution in [1.29, 1.82) is 0 Å². The average Bonchev–Trinajstić information content (AvgIpc) is 2.76. The summed E-state index contributed by atoms with van der Waals surface area (Å²) in [6.07, 6.45) is 4.75. The van der Waals surface area contributed by atoms with E-state index in [-0.39, 0.29) is 6.04 Å². The van der Waals surface area contributed by atoms with E-state index in [1.54, 1.807) is 23.1 Å². The van der Waals surface area contributed by atoms with Crippen molar-refractivity contribution >= 4 is 0 Å². The minimum atomic E-state index is -0.243. The largest absolute Gasteiger partial charge is 0.447 e. The Balaban J connectivity index is 2.23. The number of nitrogens with zero attached hydrogens (tertiary/aromatic N) is 3. The molecule has 17 heavy (non-hydrogen) atoms. The second-order valence-corrected chi connectivity index (χ2v) is 3.57. The zero-order valence-electron chi connectivity index (χ0n) is 9.58. The first-order valence-corrected chi connectivity index (χ1v) is 5.19. The molecule has 2 rings (SSSR count). The van der Waals surface area contributed by atoms with Gasteiger partial charge >= 0.3 is 0 Å². The second kappa shape index (κ2) is 4.80. The summed E-state index contributed by atoms with van der Waals surface area (Å²) in [7, 11) is 1.86. The van der Waals surface area contributed by atoms with Crippen molar-refractivity contribution in [3.8, 4) is 5.88 Å². The summed E-state index contributed by atoms with van der Waals surface area (Å²) in [5.41, 5.74) is 7.97. The van der Waals surface area contributed by atoms with Crippen molar-refractivity contribution < 1.29 is 4.74 Å². The quantitative estimate of drug-likeness (QED) is 0.806. The molecule has 0 aliphatic rings. The third kappa shape index (κ3) is 2.34. The van der Waals surface area contributed by atoms with Gasteiger partial charge in [0.15, 0.2) is 0 Å². The summed E-state index contributed by atoms with van der Waals surface area (Å²) in [4.78, 5) is 4.13. The lowest BCUT2D eigenvalue weighted by Gasteiger charge is -2.12. The van der Waals surface area contributed by atoms with Crippen molar-refractivity contribution in [2.45, 2.75) is 6.04 Å². The summed E-state index contributed by atoms with van der Waals surface area (Å²) in [5, 5.41) is 4.09. The number of hydrogen-bond donors (Lipinski definition) is 1. The van der Waals surface area contributed by atoms with E-state index in [2.05, 4.69) is 16.7 Å². The summed E-state index contributed by atoms with van der Waals surface area (Å²) in [6.45, 7) is 3.47. The number of aromatic nitrogens is 3. The maximum atomic E-state index is 6.12. The van der Waals surface area contributed by atoms with E-state index in [9.17, 15) is 0 Å². The van der Waals surface area contributed by atoms with Gasteiger partial charge in [0.05, 0.1) is 18.0 Å². The topological polar surface area (TPSA) is 66.0 Å². The SMILES string of the molecule is C=COc1ccc(C(N)c2ccnn2C)cn1. The van der Waals surface area contributed by atoms with Gasteiger partial charge in [0.1, 0.15) is 0 Å². The standard InChI is InChI=1S/C12H14N4O/c1-3-17-11-5-4-9(8-14-11)12(13)10-6-7-15-16(10)2/h3-8,12H,1,13H2,2H3. The Morgan fingerprint density at radius 2 is 2.29 bits per heavy atom. The van der Waals surface area contributed by atoms with Crippen LogP contribution in [-0.2, 0) is 7.05 Å². The van der Waals surface area contributed by atoms with E-state index in [0.717, 1.165) is 11.3 Å². The van der Waals surface area contributed by atoms with Crippen molar-refractivity contribution in [3.63, 3.8) is 0 Å². The normalized spacial score (nSPS) is 12.1. The number of pyridine rings is 1. The van der Waals surface area contributed by atoms with E-state index < -0.39 is 0 Å². The smallest absolute Gasteiger partial charge is 0.218 e. The zero-order valence-corrected chi connectivity index (χ0v) is 9.58. The Bertz CT molecular complexity index is 503. The van der Waals surface area contributed by atoms with Crippen LogP contribution in [-0.4, -0.2) is 14.8 Å². The Hall–Kier alpha value is -2.14. The first-order chi connectivity index (χ1) is 8.22. The van der Waals surface area contributed by atoms with Gasteiger partial charge in [0.25, 0.3) is 0 Å². The van der Waals surface area contributed by atoms with Gasteiger partial charge in [-0.2, -0.15) is 5.10 Å². The highest BCUT2D eigenvalue weighted by Gasteiger charge is 2.12. The third-order valence-corrected chi connectivity index (χ3v) is 2.50. The molecule has 0 spiro atoms. The second-order valence-electron chi connectivity index (χ2n) is 3.57. The lowest BCUT2D eigenvalue weighted by molar-refractivity contribution is 0.462. The minimum Gasteiger partial charge on any atom is -0.447 e. The molecule has 0 aromatic carbocycles. The zero-order chi connectivity index (χ0) is 12.3. The molecular formula is C12H14N4O. The summed E-state index contributed by atoms with van der Waals surface area (Å²) >= 11 is 0. The fraction of sp³-hybridized carbons (Fsp3) is 0.167. The summed E-state index contributed by atoms with van der Waals surface area (Å²) in [5.74, 6) is 0.501. The van der Waals surface area contributed by atoms with Crippen LogP contribution in [0.15, 0.2) is 43.4 Å². The number of ether oxygens (including phenoxy) is 1. The first kappa shape index (κ1) is 11.3. The van der Waals surface area contributed by atoms with Crippen LogP contribution in [0.4, 0.5) is 0 Å². The molecule has 0 radical (unpaired) electrons. The van der Waals surface area contributed by atoms with Gasteiger partial charge in [-0.25, -0.2) is 4.98 Å². The van der Waals surface area contributed by atoms with Gasteiger partial charge in [-0.3, -0.25) is 4.68 Å². The first-order valence-electron chi connectivity index (χ1n) is 5.19. The molecule has 2 aromatic heterocycles. The number of rotatable bonds is 4. The molecule has 2 N–H and O–H groups in total. The highest BCUT2D eigenvalue weighted by atomic mass is 16.5. The maximum absolute atomic E-state index is 6.12. The Labute approximate surface area is 99.5 Å². The molecule has 1 atom stereocenters. The van der Waals surface area contributed by atoms with Crippen LogP contribution in [0, 0.1) is 0 Å². The van der Waals surface area contributed by atoms with E-state index in [1.807, 2.05) is 19.2 Å². The van der Waals surface area contributed by atoms with Crippen molar-refractivity contribution in [3.05, 3.63) is 54.7 Å². The summed E-state index contributed by atoms with van der Waals surface area (Å²) in [6, 6.07) is 5.28. The Morgan fingerprint density at radius 1 is 1.47 bits per heavy atom. The van der Waals surface area contributed by atoms with Gasteiger partial charge in [-0.1, -0.05) is 12.6 Å². The van der Waals surface area contributed by atoms with Crippen molar-refractivity contribution in [2.75, 3.05) is 0 Å². The van der Waals surface area contributed by atoms with Crippen LogP contribution in [0.3, 0.4) is 0 Å². The lowest BCUT2D eigenvalue weighted by Crippen LogP contribution is -2.16. The number of nitrogens with two attached hydrogens (primary N) is 1. The van der Waals surface area contributed by atoms with Gasteiger partial charge < -0.3 is 10.5 Å². The molecule has 2 heterocycles. The molecule has 1 unspecified atom stereocenters. The maximum Gasteiger partial charge on any atom is 0.218 e. The molecule has 0 amide bonds. The fourth-order valence-electron chi connectivity index (χ4n) is 1.59. The molecule has 0 aliphatic carbocycles. The monoisotopic (exact) mass is 230 g/mol. The molecule has 0 aliphatic heterocycles. The van der Waals surface area contributed by atoms with Crippen molar-refractivity contribution in [1.82, 2.24) is 14.8 Å². The van der Waals surface area contributed by atoms with Crippen LogP contribution in [0.2, 0.25) is 0 Å². The van der Waals surface area contributed by atoms with Crippen LogP contribution >= 0.6 is 0 Å². The highest BCUT2D eigenvalue weighted by Crippen LogP contribution is 2.19. The fourth-order valence-corrected chi connectivity index (χ4v) is 1.59. The van der Waals surface area contributed by atoms with Gasteiger partial charge in [0, 0.05) is 25.5 Å². The molecule has 0 fully saturated rings. The molecule has 0 saturated carbocycles. The minimum absolute atomic E-state index is 0.243. The van der Waals surface area contributed by atoms with E-state index in [1.165, 1.54) is 6.26 Å². The van der Waals surface area contributed by atoms with Gasteiger partial charge in [-0.05, 0) is 11.6 Å². The van der Waals surface area contributed by atoms with Crippen LogP contribution in [0.25, 0.3) is 0 Å². The van der Waals surface area contributed by atoms with Crippen molar-refractivity contribution in [2.24, 2.45) is 12.8 Å². The predicted molar refractivity (Wildman–Crippen MR) is 64.3 cm³/mol. The lowest BCUT2D eigenvalue weighted by atomic mass is 10.1. The Morgan fingerprint density at radius 3 is 2.82 bits per heavy atom. The molecule has 88 valence electrons. The molecule has 0 saturated heterocycles. The summed E-state index contributed by atoms with van der Waals surface area (Å²) < 4.78 is 6.80. The highest BCUT2D eigenvalue weighted by molar-refractivity contribution is 5.27. The molecular weight excluding hydrogens is 216 g/mol.